The van der Waals surface area contributed by atoms with Gasteiger partial charge < -0.3 is 9.64 Å². The maximum absolute atomic E-state index is 5.69. The van der Waals surface area contributed by atoms with Crippen LogP contribution < -0.4 is 4.90 Å². The lowest BCUT2D eigenvalue weighted by Gasteiger charge is -2.39. The molecule has 0 N–H and O–H groups in total. The van der Waals surface area contributed by atoms with Gasteiger partial charge in [-0.25, -0.2) is 0 Å². The maximum atomic E-state index is 5.69. The summed E-state index contributed by atoms with van der Waals surface area (Å²) in [6.07, 6.45) is 0.315. The smallest absolute Gasteiger partial charge is 0.0723 e. The van der Waals surface area contributed by atoms with Crippen LogP contribution in [0.5, 0.6) is 0 Å². The summed E-state index contributed by atoms with van der Waals surface area (Å²) < 4.78 is 5.69. The Morgan fingerprint density at radius 1 is 1.41 bits per heavy atom. The molecule has 94 valence electrons. The highest BCUT2D eigenvalue weighted by atomic mass is 79.9. The predicted molar refractivity (Wildman–Crippen MR) is 76.0 cm³/mol. The van der Waals surface area contributed by atoms with Crippen molar-refractivity contribution in [1.29, 1.82) is 0 Å². The zero-order valence-corrected chi connectivity index (χ0v) is 12.3. The average Bonchev–Trinajstić information content (AvgIpc) is 2.32. The van der Waals surface area contributed by atoms with Gasteiger partial charge in [0.15, 0.2) is 0 Å². The summed E-state index contributed by atoms with van der Waals surface area (Å²) in [6.45, 7) is 8.30. The molecular weight excluding hydrogens is 278 g/mol. The average molecular weight is 298 g/mol. The number of benzene rings is 1. The largest absolute Gasteiger partial charge is 0.375 e. The Morgan fingerprint density at radius 3 is 2.88 bits per heavy atom. The summed E-state index contributed by atoms with van der Waals surface area (Å²) in [4.78, 5) is 2.46. The first kappa shape index (κ1) is 12.9. The molecule has 0 spiro atoms. The van der Waals surface area contributed by atoms with Crippen LogP contribution >= 0.6 is 15.9 Å². The summed E-state index contributed by atoms with van der Waals surface area (Å²) in [5.41, 5.74) is 4.03. The molecule has 1 aromatic rings. The zero-order valence-electron chi connectivity index (χ0n) is 10.7. The highest BCUT2D eigenvalue weighted by Crippen LogP contribution is 2.28. The van der Waals surface area contributed by atoms with Crippen molar-refractivity contribution < 1.29 is 4.74 Å². The van der Waals surface area contributed by atoms with Crippen LogP contribution in [0, 0.1) is 6.92 Å². The number of hydrogen-bond donors (Lipinski definition) is 0. The number of aryl methyl sites for hydroxylation is 1. The van der Waals surface area contributed by atoms with Crippen molar-refractivity contribution in [1.82, 2.24) is 0 Å². The molecule has 17 heavy (non-hydrogen) atoms. The molecule has 0 saturated carbocycles. The van der Waals surface area contributed by atoms with Crippen molar-refractivity contribution in [3.8, 4) is 0 Å². The Kier molecular flexibility index (Phi) is 4.10. The number of ether oxygens (including phenoxy) is 1. The quantitative estimate of drug-likeness (QED) is 0.775. The van der Waals surface area contributed by atoms with Gasteiger partial charge in [-0.3, -0.25) is 0 Å². The van der Waals surface area contributed by atoms with E-state index in [2.05, 4.69) is 59.8 Å². The minimum absolute atomic E-state index is 0.315. The Balaban J connectivity index is 2.31. The number of alkyl halides is 1. The summed E-state index contributed by atoms with van der Waals surface area (Å²) in [5, 5.41) is 0.905. The van der Waals surface area contributed by atoms with E-state index in [0.29, 0.717) is 12.1 Å². The first-order chi connectivity index (χ1) is 8.11. The van der Waals surface area contributed by atoms with E-state index < -0.39 is 0 Å². The van der Waals surface area contributed by atoms with Crippen molar-refractivity contribution in [3.63, 3.8) is 0 Å². The third-order valence-corrected chi connectivity index (χ3v) is 3.90. The number of halogens is 1. The summed E-state index contributed by atoms with van der Waals surface area (Å²) in [7, 11) is 0. The van der Waals surface area contributed by atoms with E-state index in [4.69, 9.17) is 4.74 Å². The molecule has 1 heterocycles. The zero-order chi connectivity index (χ0) is 12.4. The highest BCUT2D eigenvalue weighted by Gasteiger charge is 2.24. The number of rotatable bonds is 2. The third kappa shape index (κ3) is 2.83. The fourth-order valence-electron chi connectivity index (χ4n) is 2.34. The highest BCUT2D eigenvalue weighted by molar-refractivity contribution is 9.08. The summed E-state index contributed by atoms with van der Waals surface area (Å²) in [6, 6.07) is 7.14. The van der Waals surface area contributed by atoms with Gasteiger partial charge in [0, 0.05) is 23.6 Å². The van der Waals surface area contributed by atoms with Gasteiger partial charge >= 0.3 is 0 Å². The second kappa shape index (κ2) is 5.40. The summed E-state index contributed by atoms with van der Waals surface area (Å²) in [5.74, 6) is 0. The second-order valence-corrected chi connectivity index (χ2v) is 5.47. The van der Waals surface area contributed by atoms with Crippen LogP contribution in [0.1, 0.15) is 25.0 Å². The number of morpholine rings is 1. The predicted octanol–water partition coefficient (Wildman–Crippen LogP) is 3.50. The van der Waals surface area contributed by atoms with Crippen molar-refractivity contribution >= 4 is 21.6 Å². The molecule has 2 rings (SSSR count). The Bertz CT molecular complexity index is 394. The molecule has 0 aliphatic carbocycles. The molecule has 1 saturated heterocycles. The van der Waals surface area contributed by atoms with Gasteiger partial charge in [-0.15, -0.1) is 0 Å². The van der Waals surface area contributed by atoms with Crippen LogP contribution in [0.25, 0.3) is 0 Å². The van der Waals surface area contributed by atoms with Crippen molar-refractivity contribution in [2.24, 2.45) is 0 Å². The van der Waals surface area contributed by atoms with Crippen LogP contribution in [0.4, 0.5) is 5.69 Å². The minimum atomic E-state index is 0.315. The molecule has 3 heteroatoms. The van der Waals surface area contributed by atoms with E-state index >= 15 is 0 Å². The lowest BCUT2D eigenvalue weighted by atomic mass is 10.1. The van der Waals surface area contributed by atoms with E-state index in [-0.39, 0.29) is 0 Å². The van der Waals surface area contributed by atoms with E-state index in [9.17, 15) is 0 Å². The van der Waals surface area contributed by atoms with Gasteiger partial charge in [-0.1, -0.05) is 33.6 Å². The summed E-state index contributed by atoms with van der Waals surface area (Å²) >= 11 is 3.59. The lowest BCUT2D eigenvalue weighted by Crippen LogP contribution is -2.47. The van der Waals surface area contributed by atoms with Gasteiger partial charge in [-0.05, 0) is 32.4 Å². The standard InChI is InChI=1S/C14H20BrNO/c1-10-4-5-14(13(6-10)7-15)16-8-12(3)17-9-11(16)2/h4-6,11-12H,7-9H2,1-3H3. The van der Waals surface area contributed by atoms with E-state index in [1.807, 2.05) is 0 Å². The second-order valence-electron chi connectivity index (χ2n) is 4.91. The fraction of sp³-hybridized carbons (Fsp3) is 0.571. The van der Waals surface area contributed by atoms with Gasteiger partial charge in [0.2, 0.25) is 0 Å². The molecule has 1 fully saturated rings. The van der Waals surface area contributed by atoms with Crippen LogP contribution in [0.3, 0.4) is 0 Å². The Morgan fingerprint density at radius 2 is 2.18 bits per heavy atom. The molecule has 2 unspecified atom stereocenters. The molecule has 1 aliphatic rings. The monoisotopic (exact) mass is 297 g/mol. The van der Waals surface area contributed by atoms with Crippen molar-refractivity contribution in [2.75, 3.05) is 18.1 Å². The van der Waals surface area contributed by atoms with Crippen molar-refractivity contribution in [3.05, 3.63) is 29.3 Å². The molecule has 0 aromatic heterocycles. The van der Waals surface area contributed by atoms with Gasteiger partial charge in [-0.2, -0.15) is 0 Å². The van der Waals surface area contributed by atoms with Crippen LogP contribution in [-0.4, -0.2) is 25.3 Å². The molecule has 0 bridgehead atoms. The third-order valence-electron chi connectivity index (χ3n) is 3.30. The van der Waals surface area contributed by atoms with Gasteiger partial charge in [0.05, 0.1) is 12.7 Å². The van der Waals surface area contributed by atoms with Crippen LogP contribution in [0.2, 0.25) is 0 Å². The normalized spacial score (nSPS) is 25.1. The van der Waals surface area contributed by atoms with Crippen molar-refractivity contribution in [2.45, 2.75) is 38.2 Å². The minimum Gasteiger partial charge on any atom is -0.375 e. The SMILES string of the molecule is Cc1ccc(N2CC(C)OCC2C)c(CBr)c1. The molecular formula is C14H20BrNO. The Labute approximate surface area is 112 Å². The number of hydrogen-bond acceptors (Lipinski definition) is 2. The molecule has 1 aliphatic heterocycles. The van der Waals surface area contributed by atoms with E-state index in [1.54, 1.807) is 0 Å². The number of anilines is 1. The van der Waals surface area contributed by atoms with Crippen LogP contribution in [0.15, 0.2) is 18.2 Å². The van der Waals surface area contributed by atoms with Gasteiger partial charge in [0.1, 0.15) is 0 Å². The molecule has 2 nitrogen and oxygen atoms in total. The fourth-order valence-corrected chi connectivity index (χ4v) is 2.79. The molecule has 1 aromatic carbocycles. The van der Waals surface area contributed by atoms with Crippen LogP contribution in [-0.2, 0) is 10.1 Å². The first-order valence-corrected chi connectivity index (χ1v) is 7.27. The lowest BCUT2D eigenvalue weighted by molar-refractivity contribution is 0.0343. The first-order valence-electron chi connectivity index (χ1n) is 6.15. The molecule has 2 atom stereocenters. The van der Waals surface area contributed by atoms with E-state index in [1.165, 1.54) is 16.8 Å². The number of nitrogens with zero attached hydrogens (tertiary/aromatic N) is 1. The maximum Gasteiger partial charge on any atom is 0.0723 e. The van der Waals surface area contributed by atoms with E-state index in [0.717, 1.165) is 18.5 Å². The van der Waals surface area contributed by atoms with Gasteiger partial charge in [0.25, 0.3) is 0 Å². The Hall–Kier alpha value is -0.540. The molecule has 0 radical (unpaired) electrons. The topological polar surface area (TPSA) is 12.5 Å². The molecule has 0 amide bonds.